The number of aromatic nitrogens is 4. The molecule has 2 unspecified atom stereocenters. The predicted molar refractivity (Wildman–Crippen MR) is 102 cm³/mol. The van der Waals surface area contributed by atoms with Crippen LogP contribution in [0.1, 0.15) is 25.6 Å². The van der Waals surface area contributed by atoms with Gasteiger partial charge in [0.15, 0.2) is 0 Å². The van der Waals surface area contributed by atoms with Gasteiger partial charge in [0.25, 0.3) is 0 Å². The van der Waals surface area contributed by atoms with Crippen molar-refractivity contribution in [3.63, 3.8) is 0 Å². The molecule has 3 aromatic rings. The predicted octanol–water partition coefficient (Wildman–Crippen LogP) is 2.06. The first-order valence-electron chi connectivity index (χ1n) is 9.10. The first kappa shape index (κ1) is 17.2. The topological polar surface area (TPSA) is 111 Å². The fourth-order valence-corrected chi connectivity index (χ4v) is 3.82. The van der Waals surface area contributed by atoms with Crippen molar-refractivity contribution >= 4 is 33.7 Å². The van der Waals surface area contributed by atoms with Crippen LogP contribution in [0.25, 0.3) is 21.9 Å². The average molecular weight is 363 g/mol. The zero-order chi connectivity index (χ0) is 19.0. The molecule has 1 aliphatic heterocycles. The molecular formula is C19H21N7O. The summed E-state index contributed by atoms with van der Waals surface area (Å²) in [4.78, 5) is 31.5. The molecule has 0 aliphatic carbocycles. The van der Waals surface area contributed by atoms with E-state index in [9.17, 15) is 4.79 Å². The summed E-state index contributed by atoms with van der Waals surface area (Å²) in [5.74, 6) is 1.28. The molecule has 1 saturated heterocycles. The van der Waals surface area contributed by atoms with E-state index in [0.29, 0.717) is 12.4 Å². The normalized spacial score (nSPS) is 20.0. The van der Waals surface area contributed by atoms with Crippen LogP contribution in [0.2, 0.25) is 0 Å². The van der Waals surface area contributed by atoms with E-state index in [2.05, 4.69) is 32.1 Å². The molecule has 0 aromatic carbocycles. The number of amides is 1. The highest BCUT2D eigenvalue weighted by Crippen LogP contribution is 2.34. The van der Waals surface area contributed by atoms with Crippen LogP contribution in [-0.4, -0.2) is 45.0 Å². The van der Waals surface area contributed by atoms with Gasteiger partial charge >= 0.3 is 0 Å². The third-order valence-electron chi connectivity index (χ3n) is 5.21. The van der Waals surface area contributed by atoms with Gasteiger partial charge in [-0.05, 0) is 32.8 Å². The smallest absolute Gasteiger partial charge is 0.225 e. The van der Waals surface area contributed by atoms with E-state index in [4.69, 9.17) is 10.2 Å². The second-order valence-electron chi connectivity index (χ2n) is 7.00. The standard InChI is InChI=1S/C19H21N7O/c1-11-3-4-13(19(27)22-8-6-20)10-26(11)18-16-14-5-7-21-17(14)23-9-15(16)24-12(2)25-18/h5,7,9,11,13H,3-4,8,10H2,1-2H3,(H,21,23)(H,22,27). The number of anilines is 1. The molecule has 3 aromatic heterocycles. The largest absolute Gasteiger partial charge is 0.352 e. The molecule has 0 radical (unpaired) electrons. The van der Waals surface area contributed by atoms with Crippen LogP contribution in [0.15, 0.2) is 18.5 Å². The average Bonchev–Trinajstić information content (AvgIpc) is 3.14. The van der Waals surface area contributed by atoms with E-state index < -0.39 is 0 Å². The molecule has 1 aliphatic rings. The van der Waals surface area contributed by atoms with Gasteiger partial charge in [-0.25, -0.2) is 15.0 Å². The quantitative estimate of drug-likeness (QED) is 0.689. The number of pyridine rings is 1. The number of carbonyl (C=O) groups is 1. The Morgan fingerprint density at radius 3 is 3.11 bits per heavy atom. The highest BCUT2D eigenvalue weighted by Gasteiger charge is 2.32. The number of hydrogen-bond acceptors (Lipinski definition) is 6. The van der Waals surface area contributed by atoms with Gasteiger partial charge in [-0.15, -0.1) is 0 Å². The molecule has 0 saturated carbocycles. The summed E-state index contributed by atoms with van der Waals surface area (Å²) in [6, 6.07) is 4.20. The molecule has 8 heteroatoms. The Balaban J connectivity index is 1.79. The Morgan fingerprint density at radius 2 is 2.30 bits per heavy atom. The fraction of sp³-hybridized carbons (Fsp3) is 0.421. The van der Waals surface area contributed by atoms with Crippen LogP contribution < -0.4 is 10.2 Å². The molecule has 1 fully saturated rings. The minimum Gasteiger partial charge on any atom is -0.352 e. The van der Waals surface area contributed by atoms with Crippen LogP contribution in [0.5, 0.6) is 0 Å². The Morgan fingerprint density at radius 1 is 1.44 bits per heavy atom. The van der Waals surface area contributed by atoms with Gasteiger partial charge in [0, 0.05) is 24.2 Å². The molecule has 2 N–H and O–H groups in total. The van der Waals surface area contributed by atoms with Crippen LogP contribution in [0.4, 0.5) is 5.82 Å². The highest BCUT2D eigenvalue weighted by atomic mass is 16.1. The number of nitriles is 1. The van der Waals surface area contributed by atoms with Gasteiger partial charge in [-0.2, -0.15) is 5.26 Å². The second kappa shape index (κ2) is 6.83. The van der Waals surface area contributed by atoms with Crippen molar-refractivity contribution in [3.05, 3.63) is 24.3 Å². The number of carbonyl (C=O) groups excluding carboxylic acids is 1. The van der Waals surface area contributed by atoms with Gasteiger partial charge in [0.2, 0.25) is 5.91 Å². The van der Waals surface area contributed by atoms with Crippen LogP contribution in [0.3, 0.4) is 0 Å². The third kappa shape index (κ3) is 3.05. The van der Waals surface area contributed by atoms with Gasteiger partial charge in [-0.3, -0.25) is 4.79 Å². The number of fused-ring (bicyclic) bond motifs is 3. The summed E-state index contributed by atoms with van der Waals surface area (Å²) in [6.07, 6.45) is 5.31. The molecule has 138 valence electrons. The molecule has 0 spiro atoms. The third-order valence-corrected chi connectivity index (χ3v) is 5.21. The van der Waals surface area contributed by atoms with E-state index in [0.717, 1.165) is 40.6 Å². The number of hydrogen-bond donors (Lipinski definition) is 2. The molecule has 2 atom stereocenters. The van der Waals surface area contributed by atoms with Crippen molar-refractivity contribution in [2.75, 3.05) is 18.0 Å². The van der Waals surface area contributed by atoms with Gasteiger partial charge in [0.05, 0.1) is 29.1 Å². The summed E-state index contributed by atoms with van der Waals surface area (Å²) >= 11 is 0. The Bertz CT molecular complexity index is 1050. The monoisotopic (exact) mass is 363 g/mol. The number of aryl methyl sites for hydroxylation is 1. The van der Waals surface area contributed by atoms with Gasteiger partial charge in [0.1, 0.15) is 23.8 Å². The lowest BCUT2D eigenvalue weighted by Gasteiger charge is -2.38. The lowest BCUT2D eigenvalue weighted by molar-refractivity contribution is -0.125. The molecule has 0 bridgehead atoms. The first-order valence-corrected chi connectivity index (χ1v) is 9.10. The van der Waals surface area contributed by atoms with Crippen molar-refractivity contribution in [1.29, 1.82) is 5.26 Å². The number of rotatable bonds is 3. The van der Waals surface area contributed by atoms with Crippen molar-refractivity contribution in [3.8, 4) is 6.07 Å². The van der Waals surface area contributed by atoms with E-state index in [1.807, 2.05) is 25.3 Å². The van der Waals surface area contributed by atoms with Crippen LogP contribution >= 0.6 is 0 Å². The Labute approximate surface area is 156 Å². The summed E-state index contributed by atoms with van der Waals surface area (Å²) in [6.45, 7) is 4.63. The van der Waals surface area contributed by atoms with E-state index in [-0.39, 0.29) is 24.4 Å². The lowest BCUT2D eigenvalue weighted by Crippen LogP contribution is -2.47. The van der Waals surface area contributed by atoms with Crippen LogP contribution in [0, 0.1) is 24.2 Å². The zero-order valence-corrected chi connectivity index (χ0v) is 15.4. The molecule has 4 rings (SSSR count). The van der Waals surface area contributed by atoms with Gasteiger partial charge in [-0.1, -0.05) is 0 Å². The lowest BCUT2D eigenvalue weighted by atomic mass is 9.92. The maximum atomic E-state index is 12.4. The number of nitrogens with zero attached hydrogens (tertiary/aromatic N) is 5. The molecule has 1 amide bonds. The summed E-state index contributed by atoms with van der Waals surface area (Å²) < 4.78 is 0. The molecular weight excluding hydrogens is 342 g/mol. The van der Waals surface area contributed by atoms with Gasteiger partial charge < -0.3 is 15.2 Å². The maximum Gasteiger partial charge on any atom is 0.225 e. The Kier molecular flexibility index (Phi) is 4.36. The summed E-state index contributed by atoms with van der Waals surface area (Å²) in [5, 5.41) is 13.3. The first-order chi connectivity index (χ1) is 13.1. The van der Waals surface area contributed by atoms with Crippen molar-refractivity contribution in [2.45, 2.75) is 32.7 Å². The SMILES string of the molecule is Cc1nc(N2CC(C(=O)NCC#N)CCC2C)c2c(cnc3[nH]ccc32)n1. The van der Waals surface area contributed by atoms with Crippen molar-refractivity contribution < 1.29 is 4.79 Å². The van der Waals surface area contributed by atoms with Crippen LogP contribution in [-0.2, 0) is 4.79 Å². The molecule has 4 heterocycles. The van der Waals surface area contributed by atoms with E-state index in [1.54, 1.807) is 6.20 Å². The number of piperidine rings is 1. The number of aromatic amines is 1. The minimum absolute atomic E-state index is 0.0378. The van der Waals surface area contributed by atoms with Crippen molar-refractivity contribution in [2.24, 2.45) is 5.92 Å². The zero-order valence-electron chi connectivity index (χ0n) is 15.4. The second-order valence-corrected chi connectivity index (χ2v) is 7.00. The van der Waals surface area contributed by atoms with E-state index >= 15 is 0 Å². The van der Waals surface area contributed by atoms with E-state index in [1.165, 1.54) is 0 Å². The number of nitrogens with one attached hydrogen (secondary N) is 2. The van der Waals surface area contributed by atoms with Crippen molar-refractivity contribution in [1.82, 2.24) is 25.3 Å². The highest BCUT2D eigenvalue weighted by molar-refractivity contribution is 6.09. The molecule has 8 nitrogen and oxygen atoms in total. The fourth-order valence-electron chi connectivity index (χ4n) is 3.82. The Hall–Kier alpha value is -3.21. The molecule has 27 heavy (non-hydrogen) atoms. The minimum atomic E-state index is -0.163. The summed E-state index contributed by atoms with van der Waals surface area (Å²) in [7, 11) is 0. The maximum absolute atomic E-state index is 12.4. The number of H-pyrrole nitrogens is 1. The summed E-state index contributed by atoms with van der Waals surface area (Å²) in [5.41, 5.74) is 1.59.